The lowest BCUT2D eigenvalue weighted by molar-refractivity contribution is -0.134. The molecule has 8 heavy (non-hydrogen) atoms. The van der Waals surface area contributed by atoms with Crippen molar-refractivity contribution in [2.75, 3.05) is 0 Å². The zero-order valence-electron chi connectivity index (χ0n) is 6.67. The summed E-state index contributed by atoms with van der Waals surface area (Å²) in [4.78, 5) is 20.1. The van der Waals surface area contributed by atoms with Crippen LogP contribution in [-0.2, 0) is 9.59 Å². The van der Waals surface area contributed by atoms with E-state index in [9.17, 15) is 9.59 Å². The van der Waals surface area contributed by atoms with Gasteiger partial charge in [-0.1, -0.05) is 0 Å². The molecule has 0 aliphatic heterocycles. The Labute approximate surface area is 49.4 Å². The molecule has 0 amide bonds. The lowest BCUT2D eigenvalue weighted by Crippen LogP contribution is -1.91. The molecular formula is C4H4O4. The molecule has 0 spiro atoms. The van der Waals surface area contributed by atoms with Crippen LogP contribution in [0.1, 0.15) is 2.74 Å². The molecule has 0 atom stereocenters. The maximum Gasteiger partial charge on any atom is 0.328 e. The van der Waals surface area contributed by atoms with E-state index in [1.165, 1.54) is 0 Å². The molecule has 0 aliphatic carbocycles. The molecule has 0 heterocycles. The van der Waals surface area contributed by atoms with Crippen molar-refractivity contribution in [3.63, 3.8) is 0 Å². The van der Waals surface area contributed by atoms with Gasteiger partial charge in [0.25, 0.3) is 1.43 Å². The van der Waals surface area contributed by atoms with Crippen LogP contribution in [0.3, 0.4) is 0 Å². The van der Waals surface area contributed by atoms with Crippen LogP contribution >= 0.6 is 0 Å². The lowest BCUT2D eigenvalue weighted by atomic mass is 10.5. The predicted molar refractivity (Wildman–Crippen MR) is 24.4 cm³/mol. The van der Waals surface area contributed by atoms with Gasteiger partial charge in [-0.3, -0.25) is 0 Å². The molecule has 0 rings (SSSR count). The molecule has 0 radical (unpaired) electrons. The molecule has 0 saturated carbocycles. The Morgan fingerprint density at radius 1 is 1.50 bits per heavy atom. The van der Waals surface area contributed by atoms with E-state index in [0.717, 1.165) is 0 Å². The molecule has 4 nitrogen and oxygen atoms in total. The number of carboxylic acid groups (broad SMARTS) is 2. The lowest BCUT2D eigenvalue weighted by Gasteiger charge is -1.74. The summed E-state index contributed by atoms with van der Waals surface area (Å²) in [6, 6.07) is -2.34. The highest BCUT2D eigenvalue weighted by Crippen LogP contribution is 1.70. The third-order valence-electron chi connectivity index (χ3n) is 0.271. The van der Waals surface area contributed by atoms with Gasteiger partial charge >= 0.3 is 11.9 Å². The molecule has 0 aliphatic rings. The first-order valence-corrected chi connectivity index (χ1v) is 1.59. The summed E-state index contributed by atoms with van der Waals surface area (Å²) in [5, 5.41) is 11.3. The van der Waals surface area contributed by atoms with Crippen LogP contribution in [0.5, 0.6) is 0 Å². The van der Waals surface area contributed by atoms with Crippen molar-refractivity contribution in [2.24, 2.45) is 0 Å². The van der Waals surface area contributed by atoms with Gasteiger partial charge in [0.2, 0.25) is 0 Å². The van der Waals surface area contributed by atoms with Gasteiger partial charge in [0.05, 0.1) is 2.74 Å². The monoisotopic (exact) mass is 119 g/mol. The van der Waals surface area contributed by atoms with Crippen LogP contribution in [0, 0.1) is 0 Å². The van der Waals surface area contributed by atoms with Gasteiger partial charge in [0.1, 0.15) is 0 Å². The second-order valence-electron chi connectivity index (χ2n) is 0.843. The normalized spacial score (nSPS) is 16.8. The number of aliphatic carboxylic acids is 2. The number of carbonyl (C=O) groups is 2. The summed E-state index contributed by atoms with van der Waals surface area (Å²) < 4.78 is 19.2. The Morgan fingerprint density at radius 2 is 2.00 bits per heavy atom. The molecule has 4 heteroatoms. The molecule has 2 N–H and O–H groups in total. The van der Waals surface area contributed by atoms with Crippen molar-refractivity contribution in [3.8, 4) is 0 Å². The van der Waals surface area contributed by atoms with Gasteiger partial charge < -0.3 is 10.2 Å². The maximum atomic E-state index is 10.2. The van der Waals surface area contributed by atoms with Crippen molar-refractivity contribution in [3.05, 3.63) is 12.1 Å². The SMILES string of the molecule is [2H]OC(=O)/C([2H])=C(\[2H])C(=O)O. The number of carboxylic acids is 2. The molecule has 0 unspecified atom stereocenters. The Hall–Kier alpha value is -1.32. The van der Waals surface area contributed by atoms with E-state index in [2.05, 4.69) is 5.11 Å². The zero-order chi connectivity index (χ0) is 9.02. The predicted octanol–water partition coefficient (Wildman–Crippen LogP) is -0.288. The van der Waals surface area contributed by atoms with Gasteiger partial charge in [-0.25, -0.2) is 9.59 Å². The summed E-state index contributed by atoms with van der Waals surface area (Å²) in [6.07, 6.45) is 0. The van der Waals surface area contributed by atoms with Crippen LogP contribution in [0.15, 0.2) is 12.1 Å². The fourth-order valence-corrected chi connectivity index (χ4v) is 0.104. The van der Waals surface area contributed by atoms with E-state index in [1.54, 1.807) is 0 Å². The third kappa shape index (κ3) is 4.68. The van der Waals surface area contributed by atoms with Gasteiger partial charge in [0.15, 0.2) is 0 Å². The Bertz CT molecular complexity index is 221. The molecule has 0 aromatic carbocycles. The first-order valence-electron chi connectivity index (χ1n) is 2.99. The topological polar surface area (TPSA) is 74.6 Å². The fraction of sp³-hybridized carbons (Fsp3) is 0. The summed E-state index contributed by atoms with van der Waals surface area (Å²) >= 11 is 0. The van der Waals surface area contributed by atoms with E-state index in [1.807, 2.05) is 0 Å². The second kappa shape index (κ2) is 2.79. The fourth-order valence-electron chi connectivity index (χ4n) is 0.104. The average Bonchev–Trinajstić information content (AvgIpc) is 2.00. The first kappa shape index (κ1) is 2.86. The smallest absolute Gasteiger partial charge is 0.328 e. The van der Waals surface area contributed by atoms with E-state index in [4.69, 9.17) is 9.28 Å². The van der Waals surface area contributed by atoms with Crippen molar-refractivity contribution in [1.82, 2.24) is 0 Å². The highest BCUT2D eigenvalue weighted by molar-refractivity contribution is 5.89. The maximum absolute atomic E-state index is 10.2. The van der Waals surface area contributed by atoms with Crippen LogP contribution in [0.4, 0.5) is 0 Å². The summed E-state index contributed by atoms with van der Waals surface area (Å²) in [5.74, 6) is -3.17. The van der Waals surface area contributed by atoms with Crippen LogP contribution in [-0.4, -0.2) is 22.2 Å². The van der Waals surface area contributed by atoms with Crippen molar-refractivity contribution < 1.29 is 22.5 Å². The second-order valence-corrected chi connectivity index (χ2v) is 0.843. The first-order chi connectivity index (χ1) is 5.00. The van der Waals surface area contributed by atoms with Gasteiger partial charge in [-0.2, -0.15) is 0 Å². The van der Waals surface area contributed by atoms with Gasteiger partial charge in [0, 0.05) is 12.1 Å². The Morgan fingerprint density at radius 3 is 2.38 bits per heavy atom. The van der Waals surface area contributed by atoms with Crippen molar-refractivity contribution in [1.29, 1.82) is 1.43 Å². The summed E-state index contributed by atoms with van der Waals surface area (Å²) in [6.45, 7) is 0. The van der Waals surface area contributed by atoms with Crippen LogP contribution in [0.2, 0.25) is 0 Å². The van der Waals surface area contributed by atoms with Crippen molar-refractivity contribution in [2.45, 2.75) is 0 Å². The highest BCUT2D eigenvalue weighted by Gasteiger charge is 1.88. The van der Waals surface area contributed by atoms with Crippen LogP contribution in [0.25, 0.3) is 1.43 Å². The Balaban J connectivity index is 4.66. The molecule has 0 saturated heterocycles. The number of hydrogen-bond acceptors (Lipinski definition) is 3. The standard InChI is InChI=1S/C4H4O4/c5-3(6)1-2-4(7)8/h1-2H,(H,5,6)(H,7,8)/b2-1+/i1D,2D/hD. The van der Waals surface area contributed by atoms with E-state index in [0.29, 0.717) is 0 Å². The Kier molecular flexibility index (Phi) is 0.997. The molecule has 0 aromatic heterocycles. The minimum Gasteiger partial charge on any atom is -0.478 e. The summed E-state index contributed by atoms with van der Waals surface area (Å²) in [7, 11) is 0. The molecule has 44 valence electrons. The van der Waals surface area contributed by atoms with E-state index >= 15 is 0 Å². The van der Waals surface area contributed by atoms with Crippen LogP contribution < -0.4 is 0 Å². The largest absolute Gasteiger partial charge is 0.478 e. The third-order valence-corrected chi connectivity index (χ3v) is 0.271. The quantitative estimate of drug-likeness (QED) is 0.490. The molecule has 0 fully saturated rings. The zero-order valence-corrected chi connectivity index (χ0v) is 3.67. The van der Waals surface area contributed by atoms with Gasteiger partial charge in [-0.15, -0.1) is 0 Å². The number of rotatable bonds is 2. The van der Waals surface area contributed by atoms with E-state index in [-0.39, 0.29) is 0 Å². The average molecular weight is 119 g/mol. The highest BCUT2D eigenvalue weighted by atomic mass is 16.4. The summed E-state index contributed by atoms with van der Waals surface area (Å²) in [5.41, 5.74) is 0. The molecular weight excluding hydrogens is 112 g/mol. The van der Waals surface area contributed by atoms with E-state index < -0.39 is 24.0 Å². The molecule has 0 aromatic rings. The number of hydrogen-bond donors (Lipinski definition) is 2. The van der Waals surface area contributed by atoms with Crippen molar-refractivity contribution >= 4 is 11.9 Å². The minimum absolute atomic E-state index is 1.15. The van der Waals surface area contributed by atoms with Gasteiger partial charge in [-0.05, 0) is 0 Å². The molecule has 0 bridgehead atoms. The minimum atomic E-state index is -1.71.